The van der Waals surface area contributed by atoms with Crippen LogP contribution in [0, 0.1) is 6.92 Å². The van der Waals surface area contributed by atoms with Crippen molar-refractivity contribution in [1.29, 1.82) is 0 Å². The number of aliphatic carboxylic acids is 1. The van der Waals surface area contributed by atoms with Crippen molar-refractivity contribution in [3.63, 3.8) is 0 Å². The number of carboxylic acids is 1. The third-order valence-electron chi connectivity index (χ3n) is 3.04. The molecule has 0 aliphatic heterocycles. The number of hydrogen-bond acceptors (Lipinski definition) is 3. The predicted octanol–water partition coefficient (Wildman–Crippen LogP) is 3.24. The van der Waals surface area contributed by atoms with E-state index in [4.69, 9.17) is 4.74 Å². The summed E-state index contributed by atoms with van der Waals surface area (Å²) < 4.78 is 5.13. The minimum absolute atomic E-state index is 0.683. The zero-order valence-electron chi connectivity index (χ0n) is 11.5. The molecule has 0 aliphatic carbocycles. The monoisotopic (exact) mass is 271 g/mol. The predicted molar refractivity (Wildman–Crippen MR) is 78.2 cm³/mol. The molecule has 0 heterocycles. The van der Waals surface area contributed by atoms with Crippen molar-refractivity contribution < 1.29 is 14.6 Å². The van der Waals surface area contributed by atoms with E-state index in [1.54, 1.807) is 13.2 Å². The van der Waals surface area contributed by atoms with Crippen LogP contribution in [0.25, 0.3) is 0 Å². The number of benzene rings is 2. The molecule has 0 saturated heterocycles. The minimum Gasteiger partial charge on any atom is -0.497 e. The van der Waals surface area contributed by atoms with Gasteiger partial charge >= 0.3 is 5.97 Å². The number of rotatable bonds is 5. The van der Waals surface area contributed by atoms with Crippen LogP contribution in [0.15, 0.2) is 48.5 Å². The molecule has 0 aromatic heterocycles. The van der Waals surface area contributed by atoms with Gasteiger partial charge in [0.1, 0.15) is 5.75 Å². The van der Waals surface area contributed by atoms with Gasteiger partial charge in [0.15, 0.2) is 6.04 Å². The highest BCUT2D eigenvalue weighted by molar-refractivity contribution is 5.79. The Balaban J connectivity index is 2.25. The number of anilines is 1. The smallest absolute Gasteiger partial charge is 0.330 e. The second-order valence-corrected chi connectivity index (χ2v) is 4.56. The van der Waals surface area contributed by atoms with E-state index in [0.717, 1.165) is 5.56 Å². The van der Waals surface area contributed by atoms with Crippen molar-refractivity contribution in [2.45, 2.75) is 13.0 Å². The van der Waals surface area contributed by atoms with E-state index in [0.29, 0.717) is 17.0 Å². The molecule has 0 bridgehead atoms. The average molecular weight is 271 g/mol. The van der Waals surface area contributed by atoms with Crippen LogP contribution in [0.5, 0.6) is 5.75 Å². The normalized spacial score (nSPS) is 11.7. The molecule has 0 radical (unpaired) electrons. The molecule has 0 amide bonds. The van der Waals surface area contributed by atoms with Gasteiger partial charge in [-0.25, -0.2) is 4.79 Å². The highest BCUT2D eigenvalue weighted by atomic mass is 16.5. The summed E-state index contributed by atoms with van der Waals surface area (Å²) in [6.45, 7) is 1.97. The van der Waals surface area contributed by atoms with Crippen LogP contribution in [0.2, 0.25) is 0 Å². The van der Waals surface area contributed by atoms with Gasteiger partial charge in [0.2, 0.25) is 0 Å². The quantitative estimate of drug-likeness (QED) is 0.876. The van der Waals surface area contributed by atoms with Crippen molar-refractivity contribution in [1.82, 2.24) is 0 Å². The molecule has 2 N–H and O–H groups in total. The number of methoxy groups -OCH3 is 1. The van der Waals surface area contributed by atoms with Crippen LogP contribution >= 0.6 is 0 Å². The second-order valence-electron chi connectivity index (χ2n) is 4.56. The van der Waals surface area contributed by atoms with Crippen LogP contribution in [0.1, 0.15) is 17.2 Å². The van der Waals surface area contributed by atoms with Crippen LogP contribution < -0.4 is 10.1 Å². The van der Waals surface area contributed by atoms with E-state index in [2.05, 4.69) is 5.32 Å². The van der Waals surface area contributed by atoms with Gasteiger partial charge in [0.05, 0.1) is 7.11 Å². The summed E-state index contributed by atoms with van der Waals surface area (Å²) >= 11 is 0. The van der Waals surface area contributed by atoms with E-state index in [1.165, 1.54) is 0 Å². The molecule has 0 spiro atoms. The number of ether oxygens (including phenoxy) is 1. The average Bonchev–Trinajstić information content (AvgIpc) is 2.46. The first kappa shape index (κ1) is 13.9. The molecule has 2 aromatic carbocycles. The van der Waals surface area contributed by atoms with Crippen LogP contribution in [-0.2, 0) is 4.79 Å². The maximum Gasteiger partial charge on any atom is 0.330 e. The van der Waals surface area contributed by atoms with E-state index < -0.39 is 12.0 Å². The fourth-order valence-corrected chi connectivity index (χ4v) is 1.93. The Kier molecular flexibility index (Phi) is 4.25. The maximum atomic E-state index is 11.4. The van der Waals surface area contributed by atoms with Crippen molar-refractivity contribution in [2.24, 2.45) is 0 Å². The summed E-state index contributed by atoms with van der Waals surface area (Å²) in [5.41, 5.74) is 2.52. The first-order valence-corrected chi connectivity index (χ1v) is 6.30. The number of hydrogen-bond donors (Lipinski definition) is 2. The molecule has 2 rings (SSSR count). The molecule has 4 nitrogen and oxygen atoms in total. The lowest BCUT2D eigenvalue weighted by Crippen LogP contribution is -2.20. The Morgan fingerprint density at radius 3 is 2.50 bits per heavy atom. The maximum absolute atomic E-state index is 11.4. The largest absolute Gasteiger partial charge is 0.497 e. The van der Waals surface area contributed by atoms with Gasteiger partial charge in [0, 0.05) is 11.8 Å². The van der Waals surface area contributed by atoms with Crippen molar-refractivity contribution >= 4 is 11.7 Å². The molecule has 0 saturated carbocycles. The van der Waals surface area contributed by atoms with Crippen LogP contribution in [0.4, 0.5) is 5.69 Å². The van der Waals surface area contributed by atoms with Gasteiger partial charge in [-0.05, 0) is 24.6 Å². The van der Waals surface area contributed by atoms with Gasteiger partial charge < -0.3 is 15.2 Å². The topological polar surface area (TPSA) is 58.6 Å². The van der Waals surface area contributed by atoms with Crippen molar-refractivity contribution in [3.8, 4) is 5.75 Å². The molecule has 0 fully saturated rings. The molecule has 2 aromatic rings. The number of aryl methyl sites for hydroxylation is 1. The molecule has 0 unspecified atom stereocenters. The van der Waals surface area contributed by atoms with E-state index in [9.17, 15) is 9.90 Å². The SMILES string of the molecule is COc1cccc(N[C@H](C(=O)O)c2ccc(C)cc2)c1. The third-order valence-corrected chi connectivity index (χ3v) is 3.04. The fraction of sp³-hybridized carbons (Fsp3) is 0.188. The first-order chi connectivity index (χ1) is 9.60. The summed E-state index contributed by atoms with van der Waals surface area (Å²) in [6, 6.07) is 13.9. The molecular formula is C16H17NO3. The summed E-state index contributed by atoms with van der Waals surface area (Å²) in [6.07, 6.45) is 0. The Morgan fingerprint density at radius 2 is 1.90 bits per heavy atom. The lowest BCUT2D eigenvalue weighted by atomic mass is 10.0. The molecule has 0 aliphatic rings. The highest BCUT2D eigenvalue weighted by Crippen LogP contribution is 2.23. The van der Waals surface area contributed by atoms with Crippen LogP contribution in [-0.4, -0.2) is 18.2 Å². The summed E-state index contributed by atoms with van der Waals surface area (Å²) in [4.78, 5) is 11.4. The van der Waals surface area contributed by atoms with Gasteiger partial charge in [-0.1, -0.05) is 35.9 Å². The van der Waals surface area contributed by atoms with E-state index in [1.807, 2.05) is 49.4 Å². The number of nitrogens with one attached hydrogen (secondary N) is 1. The summed E-state index contributed by atoms with van der Waals surface area (Å²) in [7, 11) is 1.58. The fourth-order valence-electron chi connectivity index (χ4n) is 1.93. The standard InChI is InChI=1S/C16H17NO3/c1-11-6-8-12(9-7-11)15(16(18)19)17-13-4-3-5-14(10-13)20-2/h3-10,15,17H,1-2H3,(H,18,19)/t15-/m0/s1. The second kappa shape index (κ2) is 6.10. The minimum atomic E-state index is -0.920. The first-order valence-electron chi connectivity index (χ1n) is 6.30. The Bertz CT molecular complexity index is 593. The molecule has 1 atom stereocenters. The van der Waals surface area contributed by atoms with Gasteiger partial charge in [-0.2, -0.15) is 0 Å². The lowest BCUT2D eigenvalue weighted by Gasteiger charge is -2.17. The molecule has 104 valence electrons. The molecule has 20 heavy (non-hydrogen) atoms. The van der Waals surface area contributed by atoms with Gasteiger partial charge in [-0.15, -0.1) is 0 Å². The number of carboxylic acid groups (broad SMARTS) is 1. The van der Waals surface area contributed by atoms with Gasteiger partial charge in [-0.3, -0.25) is 0 Å². The summed E-state index contributed by atoms with van der Waals surface area (Å²) in [5.74, 6) is -0.236. The number of carbonyl (C=O) groups is 1. The molecular weight excluding hydrogens is 254 g/mol. The summed E-state index contributed by atoms with van der Waals surface area (Å²) in [5, 5.41) is 12.4. The Hall–Kier alpha value is -2.49. The highest BCUT2D eigenvalue weighted by Gasteiger charge is 2.19. The molecule has 4 heteroatoms. The third kappa shape index (κ3) is 3.29. The Morgan fingerprint density at radius 1 is 1.20 bits per heavy atom. The zero-order valence-corrected chi connectivity index (χ0v) is 11.5. The van der Waals surface area contributed by atoms with E-state index >= 15 is 0 Å². The van der Waals surface area contributed by atoms with E-state index in [-0.39, 0.29) is 0 Å². The van der Waals surface area contributed by atoms with Crippen molar-refractivity contribution in [3.05, 3.63) is 59.7 Å². The Labute approximate surface area is 118 Å². The lowest BCUT2D eigenvalue weighted by molar-refractivity contribution is -0.138. The van der Waals surface area contributed by atoms with Crippen LogP contribution in [0.3, 0.4) is 0 Å². The zero-order chi connectivity index (χ0) is 14.5. The van der Waals surface area contributed by atoms with Gasteiger partial charge in [0.25, 0.3) is 0 Å². The van der Waals surface area contributed by atoms with Crippen molar-refractivity contribution in [2.75, 3.05) is 12.4 Å².